The minimum atomic E-state index is -0.721. The lowest BCUT2D eigenvalue weighted by Gasteiger charge is -2.26. The van der Waals surface area contributed by atoms with Crippen LogP contribution in [-0.4, -0.2) is 23.4 Å². The van der Waals surface area contributed by atoms with Gasteiger partial charge in [0.15, 0.2) is 4.80 Å². The van der Waals surface area contributed by atoms with Crippen molar-refractivity contribution in [2.45, 2.75) is 24.5 Å². The summed E-state index contributed by atoms with van der Waals surface area (Å²) >= 11 is 13.6. The molecule has 0 radical (unpaired) electrons. The number of carbonyl (C=O) groups excluding carboxylic acids is 1. The standard InChI is InChI=1S/C36H27ClI2N2O4S2/c1-3-44-35(43)30-31(23-9-5-4-6-10-23)40-36-41(32(30)24-12-14-26(46-2)15-13-24)34(42)29(47-36)19-22-17-27(38)33(28(39)18-22)45-20-21-8-7-11-25(37)16-21/h4-19,32H,3,20H2,1-2H3/b29-19-/t32-/m1/s1. The van der Waals surface area contributed by atoms with Crippen LogP contribution in [0.5, 0.6) is 5.75 Å². The van der Waals surface area contributed by atoms with E-state index in [1.54, 1.807) is 23.3 Å². The van der Waals surface area contributed by atoms with Gasteiger partial charge in [-0.2, -0.15) is 0 Å². The normalized spacial score (nSPS) is 14.5. The summed E-state index contributed by atoms with van der Waals surface area (Å²) in [5.74, 6) is 0.269. The third-order valence-corrected chi connectivity index (χ3v) is 11.0. The van der Waals surface area contributed by atoms with E-state index in [1.807, 2.05) is 103 Å². The number of hydrogen-bond acceptors (Lipinski definition) is 7. The second-order valence-electron chi connectivity index (χ2n) is 10.4. The van der Waals surface area contributed by atoms with Crippen LogP contribution in [0.25, 0.3) is 11.8 Å². The van der Waals surface area contributed by atoms with Crippen molar-refractivity contribution in [3.05, 3.63) is 151 Å². The van der Waals surface area contributed by atoms with Crippen LogP contribution in [-0.2, 0) is 16.1 Å². The number of esters is 1. The minimum Gasteiger partial charge on any atom is -0.487 e. The van der Waals surface area contributed by atoms with E-state index in [0.717, 1.165) is 40.0 Å². The highest BCUT2D eigenvalue weighted by Gasteiger charge is 2.35. The third-order valence-electron chi connectivity index (χ3n) is 7.40. The number of rotatable bonds is 9. The van der Waals surface area contributed by atoms with Gasteiger partial charge < -0.3 is 9.47 Å². The number of ether oxygens (including phenoxy) is 2. The number of hydrogen-bond donors (Lipinski definition) is 0. The molecule has 6 rings (SSSR count). The van der Waals surface area contributed by atoms with E-state index in [4.69, 9.17) is 26.1 Å². The maximum atomic E-state index is 14.3. The van der Waals surface area contributed by atoms with Crippen LogP contribution in [0.1, 0.15) is 35.2 Å². The Bertz CT molecular complexity index is 2160. The van der Waals surface area contributed by atoms with Crippen molar-refractivity contribution < 1.29 is 14.3 Å². The Balaban J connectivity index is 1.48. The van der Waals surface area contributed by atoms with Crippen molar-refractivity contribution in [1.29, 1.82) is 0 Å². The van der Waals surface area contributed by atoms with Gasteiger partial charge in [0.1, 0.15) is 12.4 Å². The zero-order valence-electron chi connectivity index (χ0n) is 25.2. The molecule has 0 bridgehead atoms. The van der Waals surface area contributed by atoms with Crippen LogP contribution in [0.3, 0.4) is 0 Å². The molecule has 0 unspecified atom stereocenters. The van der Waals surface area contributed by atoms with E-state index in [1.165, 1.54) is 11.3 Å². The number of halogens is 3. The van der Waals surface area contributed by atoms with Crippen LogP contribution >= 0.6 is 79.9 Å². The SMILES string of the molecule is CCOC(=O)C1=C(c2ccccc2)N=c2s/c(=C\c3cc(I)c(OCc4cccc(Cl)c4)c(I)c3)c(=O)n2[C@@H]1c1ccc(SC)cc1. The quantitative estimate of drug-likeness (QED) is 0.0851. The van der Waals surface area contributed by atoms with Crippen LogP contribution in [0.15, 0.2) is 111 Å². The summed E-state index contributed by atoms with van der Waals surface area (Å²) in [5, 5.41) is 0.664. The van der Waals surface area contributed by atoms with E-state index < -0.39 is 12.0 Å². The third kappa shape index (κ3) is 7.41. The zero-order valence-corrected chi connectivity index (χ0v) is 31.9. The number of carbonyl (C=O) groups is 1. The zero-order chi connectivity index (χ0) is 33.1. The van der Waals surface area contributed by atoms with E-state index in [-0.39, 0.29) is 12.2 Å². The maximum Gasteiger partial charge on any atom is 0.338 e. The average Bonchev–Trinajstić information content (AvgIpc) is 3.38. The smallest absolute Gasteiger partial charge is 0.338 e. The lowest BCUT2D eigenvalue weighted by atomic mass is 9.93. The van der Waals surface area contributed by atoms with Crippen LogP contribution in [0.4, 0.5) is 0 Å². The first kappa shape index (κ1) is 34.0. The molecule has 0 saturated carbocycles. The molecule has 1 aliphatic heterocycles. The molecule has 1 atom stereocenters. The summed E-state index contributed by atoms with van der Waals surface area (Å²) < 4.78 is 15.7. The monoisotopic (exact) mass is 904 g/mol. The molecule has 0 amide bonds. The largest absolute Gasteiger partial charge is 0.487 e. The summed E-state index contributed by atoms with van der Waals surface area (Å²) in [5.41, 5.74) is 4.01. The molecule has 4 aromatic carbocycles. The number of nitrogens with zero attached hydrogens (tertiary/aromatic N) is 2. The maximum absolute atomic E-state index is 14.3. The Hall–Kier alpha value is -2.91. The Morgan fingerprint density at radius 3 is 2.40 bits per heavy atom. The fourth-order valence-corrected chi connectivity index (χ4v) is 9.03. The average molecular weight is 905 g/mol. The van der Waals surface area contributed by atoms with Gasteiger partial charge in [-0.15, -0.1) is 11.8 Å². The summed E-state index contributed by atoms with van der Waals surface area (Å²) in [6.45, 7) is 2.35. The van der Waals surface area contributed by atoms with E-state index >= 15 is 0 Å². The Labute approximate surface area is 312 Å². The highest BCUT2D eigenvalue weighted by molar-refractivity contribution is 14.1. The topological polar surface area (TPSA) is 69.9 Å². The van der Waals surface area contributed by atoms with E-state index in [2.05, 4.69) is 45.2 Å². The minimum absolute atomic E-state index is 0.197. The van der Waals surface area contributed by atoms with Crippen molar-refractivity contribution in [3.8, 4) is 5.75 Å². The van der Waals surface area contributed by atoms with Crippen molar-refractivity contribution in [2.75, 3.05) is 12.9 Å². The molecule has 5 aromatic rings. The molecule has 0 N–H and O–H groups in total. The first-order chi connectivity index (χ1) is 22.8. The Morgan fingerprint density at radius 1 is 1.02 bits per heavy atom. The van der Waals surface area contributed by atoms with Gasteiger partial charge in [0.25, 0.3) is 5.56 Å². The fourth-order valence-electron chi connectivity index (χ4n) is 5.28. The fraction of sp³-hybridized carbons (Fsp3) is 0.139. The summed E-state index contributed by atoms with van der Waals surface area (Å²) in [6.07, 6.45) is 3.88. The molecular weight excluding hydrogens is 878 g/mol. The molecule has 0 fully saturated rings. The van der Waals surface area contributed by atoms with Crippen LogP contribution in [0, 0.1) is 7.14 Å². The first-order valence-corrected chi connectivity index (χ1v) is 19.1. The van der Waals surface area contributed by atoms with Gasteiger partial charge in [0.05, 0.1) is 35.6 Å². The van der Waals surface area contributed by atoms with Crippen molar-refractivity contribution >= 4 is 97.6 Å². The second kappa shape index (κ2) is 15.1. The summed E-state index contributed by atoms with van der Waals surface area (Å²) in [4.78, 5) is 34.5. The second-order valence-corrected chi connectivity index (χ2v) is 15.1. The predicted octanol–water partition coefficient (Wildman–Crippen LogP) is 8.10. The first-order valence-electron chi connectivity index (χ1n) is 14.6. The summed E-state index contributed by atoms with van der Waals surface area (Å²) in [7, 11) is 0. The molecule has 0 saturated heterocycles. The molecule has 47 heavy (non-hydrogen) atoms. The van der Waals surface area contributed by atoms with Gasteiger partial charge in [-0.05, 0) is 118 Å². The number of benzene rings is 4. The van der Waals surface area contributed by atoms with Gasteiger partial charge in [-0.3, -0.25) is 9.36 Å². The van der Waals surface area contributed by atoms with Gasteiger partial charge in [0.2, 0.25) is 0 Å². The molecular formula is C36H27ClI2N2O4S2. The number of thioether (sulfide) groups is 1. The molecule has 2 heterocycles. The molecule has 0 spiro atoms. The van der Waals surface area contributed by atoms with Crippen LogP contribution in [0.2, 0.25) is 5.02 Å². The van der Waals surface area contributed by atoms with Crippen molar-refractivity contribution in [3.63, 3.8) is 0 Å². The molecule has 1 aromatic heterocycles. The van der Waals surface area contributed by atoms with E-state index in [9.17, 15) is 9.59 Å². The Morgan fingerprint density at radius 2 is 1.74 bits per heavy atom. The molecule has 1 aliphatic rings. The van der Waals surface area contributed by atoms with Gasteiger partial charge in [-0.1, -0.05) is 77.5 Å². The highest BCUT2D eigenvalue weighted by atomic mass is 127. The lowest BCUT2D eigenvalue weighted by Crippen LogP contribution is -2.40. The Kier molecular flexibility index (Phi) is 10.9. The van der Waals surface area contributed by atoms with Crippen molar-refractivity contribution in [2.24, 2.45) is 4.99 Å². The number of aromatic nitrogens is 1. The predicted molar refractivity (Wildman–Crippen MR) is 207 cm³/mol. The molecule has 11 heteroatoms. The summed E-state index contributed by atoms with van der Waals surface area (Å²) in [6, 6.07) is 28.4. The number of thiazole rings is 1. The van der Waals surface area contributed by atoms with Gasteiger partial charge in [-0.25, -0.2) is 9.79 Å². The van der Waals surface area contributed by atoms with Crippen molar-refractivity contribution in [1.82, 2.24) is 4.57 Å². The highest BCUT2D eigenvalue weighted by Crippen LogP contribution is 2.36. The van der Waals surface area contributed by atoms with Crippen LogP contribution < -0.4 is 19.6 Å². The van der Waals surface area contributed by atoms with Gasteiger partial charge in [0, 0.05) is 15.5 Å². The number of fused-ring (bicyclic) bond motifs is 1. The van der Waals surface area contributed by atoms with E-state index in [0.29, 0.717) is 32.2 Å². The van der Waals surface area contributed by atoms with Gasteiger partial charge >= 0.3 is 5.97 Å². The molecule has 6 nitrogen and oxygen atoms in total. The molecule has 0 aliphatic carbocycles. The molecule has 238 valence electrons. The lowest BCUT2D eigenvalue weighted by molar-refractivity contribution is -0.138.